The van der Waals surface area contributed by atoms with E-state index in [1.165, 1.54) is 6.20 Å². The van der Waals surface area contributed by atoms with Crippen molar-refractivity contribution in [3.8, 4) is 0 Å². The predicted octanol–water partition coefficient (Wildman–Crippen LogP) is 1.46. The van der Waals surface area contributed by atoms with Gasteiger partial charge in [0.15, 0.2) is 0 Å². The summed E-state index contributed by atoms with van der Waals surface area (Å²) < 4.78 is 0. The number of aromatic nitrogens is 1. The summed E-state index contributed by atoms with van der Waals surface area (Å²) in [6.07, 6.45) is 5.27. The molecule has 2 amide bonds. The molecule has 0 bridgehead atoms. The van der Waals surface area contributed by atoms with Gasteiger partial charge in [-0.15, -0.1) is 0 Å². The number of pyridine rings is 1. The molecule has 2 rings (SSSR count). The fraction of sp³-hybridized carbons (Fsp3) is 0.417. The molecule has 1 saturated carbocycles. The summed E-state index contributed by atoms with van der Waals surface area (Å²) in [6, 6.07) is 3.01. The molecule has 0 unspecified atom stereocenters. The first kappa shape index (κ1) is 12.3. The summed E-state index contributed by atoms with van der Waals surface area (Å²) in [5, 5.41) is 14.3. The summed E-state index contributed by atoms with van der Waals surface area (Å²) >= 11 is 0. The fourth-order valence-electron chi connectivity index (χ4n) is 1.93. The van der Waals surface area contributed by atoms with Gasteiger partial charge in [0.1, 0.15) is 0 Å². The van der Waals surface area contributed by atoms with Crippen LogP contribution in [0, 0.1) is 5.41 Å². The molecule has 1 aliphatic carbocycles. The summed E-state index contributed by atoms with van der Waals surface area (Å²) in [6.45, 7) is 0.161. The molecule has 18 heavy (non-hydrogen) atoms. The van der Waals surface area contributed by atoms with Crippen LogP contribution in [0.15, 0.2) is 24.5 Å². The minimum atomic E-state index is -0.838. The van der Waals surface area contributed by atoms with E-state index < -0.39 is 17.4 Å². The van der Waals surface area contributed by atoms with Crippen LogP contribution in [0.5, 0.6) is 0 Å². The van der Waals surface area contributed by atoms with Crippen molar-refractivity contribution in [1.82, 2.24) is 10.3 Å². The van der Waals surface area contributed by atoms with Gasteiger partial charge in [0.2, 0.25) is 0 Å². The first-order valence-corrected chi connectivity index (χ1v) is 5.81. The van der Waals surface area contributed by atoms with Crippen molar-refractivity contribution in [2.45, 2.75) is 19.3 Å². The first-order valence-electron chi connectivity index (χ1n) is 5.81. The molecule has 1 fully saturated rings. The van der Waals surface area contributed by atoms with Gasteiger partial charge in [-0.25, -0.2) is 4.79 Å². The van der Waals surface area contributed by atoms with E-state index in [0.717, 1.165) is 6.42 Å². The molecule has 1 aliphatic rings. The molecular weight excluding hydrogens is 234 g/mol. The maximum absolute atomic E-state index is 11.6. The van der Waals surface area contributed by atoms with E-state index in [1.807, 2.05) is 0 Å². The molecule has 0 aromatic carbocycles. The summed E-state index contributed by atoms with van der Waals surface area (Å²) in [5.74, 6) is -0.838. The smallest absolute Gasteiger partial charge is 0.319 e. The van der Waals surface area contributed by atoms with Crippen molar-refractivity contribution in [1.29, 1.82) is 0 Å². The summed E-state index contributed by atoms with van der Waals surface area (Å²) in [4.78, 5) is 26.5. The average molecular weight is 249 g/mol. The van der Waals surface area contributed by atoms with Crippen molar-refractivity contribution >= 4 is 17.7 Å². The lowest BCUT2D eigenvalue weighted by Crippen LogP contribution is -2.48. The van der Waals surface area contributed by atoms with Crippen molar-refractivity contribution in [3.63, 3.8) is 0 Å². The highest BCUT2D eigenvalue weighted by atomic mass is 16.4. The molecule has 0 spiro atoms. The van der Waals surface area contributed by atoms with E-state index in [9.17, 15) is 9.59 Å². The van der Waals surface area contributed by atoms with E-state index >= 15 is 0 Å². The van der Waals surface area contributed by atoms with Crippen molar-refractivity contribution < 1.29 is 14.7 Å². The summed E-state index contributed by atoms with van der Waals surface area (Å²) in [7, 11) is 0. The number of carboxylic acid groups (broad SMARTS) is 1. The Hall–Kier alpha value is -2.11. The number of hydrogen-bond donors (Lipinski definition) is 3. The number of urea groups is 1. The Kier molecular flexibility index (Phi) is 3.45. The lowest BCUT2D eigenvalue weighted by molar-refractivity contribution is -0.153. The number of carboxylic acids is 1. The maximum Gasteiger partial charge on any atom is 0.319 e. The quantitative estimate of drug-likeness (QED) is 0.753. The van der Waals surface area contributed by atoms with Crippen LogP contribution in [0.4, 0.5) is 10.5 Å². The number of anilines is 1. The Morgan fingerprint density at radius 1 is 1.44 bits per heavy atom. The second kappa shape index (κ2) is 5.03. The zero-order chi connectivity index (χ0) is 13.0. The Balaban J connectivity index is 1.83. The second-order valence-electron chi connectivity index (χ2n) is 4.49. The standard InChI is InChI=1S/C12H15N3O3/c16-10(17)12(4-2-5-12)8-14-11(18)15-9-3-1-6-13-7-9/h1,3,6-7H,2,4-5,8H2,(H,16,17)(H2,14,15,18). The van der Waals surface area contributed by atoms with Gasteiger partial charge in [-0.1, -0.05) is 6.42 Å². The lowest BCUT2D eigenvalue weighted by Gasteiger charge is -2.37. The third kappa shape index (κ3) is 2.58. The van der Waals surface area contributed by atoms with Gasteiger partial charge in [0.25, 0.3) is 0 Å². The molecular formula is C12H15N3O3. The number of nitrogens with one attached hydrogen (secondary N) is 2. The lowest BCUT2D eigenvalue weighted by atomic mass is 9.69. The largest absolute Gasteiger partial charge is 0.481 e. The molecule has 6 nitrogen and oxygen atoms in total. The van der Waals surface area contributed by atoms with Crippen molar-refractivity contribution in [2.75, 3.05) is 11.9 Å². The molecule has 0 radical (unpaired) electrons. The SMILES string of the molecule is O=C(NCC1(C(=O)O)CCC1)Nc1cccnc1. The highest BCUT2D eigenvalue weighted by Gasteiger charge is 2.44. The molecule has 0 aliphatic heterocycles. The van der Waals surface area contributed by atoms with Crippen LogP contribution in [-0.4, -0.2) is 28.6 Å². The predicted molar refractivity (Wildman–Crippen MR) is 65.2 cm³/mol. The average Bonchev–Trinajstić information content (AvgIpc) is 2.28. The molecule has 0 saturated heterocycles. The number of hydrogen-bond acceptors (Lipinski definition) is 3. The third-order valence-electron chi connectivity index (χ3n) is 3.27. The maximum atomic E-state index is 11.6. The molecule has 96 valence electrons. The van der Waals surface area contributed by atoms with Gasteiger partial charge in [0, 0.05) is 12.7 Å². The number of carbonyl (C=O) groups is 2. The van der Waals surface area contributed by atoms with Crippen LogP contribution >= 0.6 is 0 Å². The third-order valence-corrected chi connectivity index (χ3v) is 3.27. The zero-order valence-corrected chi connectivity index (χ0v) is 9.85. The molecule has 6 heteroatoms. The van der Waals surface area contributed by atoms with Crippen molar-refractivity contribution in [3.05, 3.63) is 24.5 Å². The highest BCUT2D eigenvalue weighted by molar-refractivity contribution is 5.89. The number of rotatable bonds is 4. The molecule has 0 atom stereocenters. The monoisotopic (exact) mass is 249 g/mol. The number of amides is 2. The van der Waals surface area contributed by atoms with E-state index in [2.05, 4.69) is 15.6 Å². The molecule has 1 aromatic rings. The van der Waals surface area contributed by atoms with Gasteiger partial charge in [-0.05, 0) is 25.0 Å². The molecule has 1 aromatic heterocycles. The Labute approximate surface area is 104 Å². The fourth-order valence-corrected chi connectivity index (χ4v) is 1.93. The van der Waals surface area contributed by atoms with Gasteiger partial charge >= 0.3 is 12.0 Å². The van der Waals surface area contributed by atoms with Gasteiger partial charge in [-0.3, -0.25) is 9.78 Å². The topological polar surface area (TPSA) is 91.3 Å². The van der Waals surface area contributed by atoms with E-state index in [1.54, 1.807) is 18.3 Å². The normalized spacial score (nSPS) is 16.4. The van der Waals surface area contributed by atoms with Crippen LogP contribution in [0.2, 0.25) is 0 Å². The Morgan fingerprint density at radius 3 is 2.72 bits per heavy atom. The van der Waals surface area contributed by atoms with E-state index in [0.29, 0.717) is 18.5 Å². The Morgan fingerprint density at radius 2 is 2.22 bits per heavy atom. The second-order valence-corrected chi connectivity index (χ2v) is 4.49. The Bertz CT molecular complexity index is 443. The van der Waals surface area contributed by atoms with Crippen LogP contribution in [0.3, 0.4) is 0 Å². The molecule has 3 N–H and O–H groups in total. The van der Waals surface area contributed by atoms with E-state index in [4.69, 9.17) is 5.11 Å². The zero-order valence-electron chi connectivity index (χ0n) is 9.85. The van der Waals surface area contributed by atoms with E-state index in [-0.39, 0.29) is 6.54 Å². The van der Waals surface area contributed by atoms with Crippen LogP contribution in [-0.2, 0) is 4.79 Å². The highest BCUT2D eigenvalue weighted by Crippen LogP contribution is 2.40. The van der Waals surface area contributed by atoms with Gasteiger partial charge < -0.3 is 15.7 Å². The number of nitrogens with zero attached hydrogens (tertiary/aromatic N) is 1. The van der Waals surface area contributed by atoms with Gasteiger partial charge in [0.05, 0.1) is 17.3 Å². The van der Waals surface area contributed by atoms with Crippen LogP contribution < -0.4 is 10.6 Å². The minimum Gasteiger partial charge on any atom is -0.481 e. The first-order chi connectivity index (χ1) is 8.62. The van der Waals surface area contributed by atoms with Gasteiger partial charge in [-0.2, -0.15) is 0 Å². The van der Waals surface area contributed by atoms with Crippen LogP contribution in [0.25, 0.3) is 0 Å². The summed E-state index contributed by atoms with van der Waals surface area (Å²) in [5.41, 5.74) is -0.195. The van der Waals surface area contributed by atoms with Crippen molar-refractivity contribution in [2.24, 2.45) is 5.41 Å². The number of carbonyl (C=O) groups excluding carboxylic acids is 1. The molecule has 1 heterocycles. The number of aliphatic carboxylic acids is 1. The minimum absolute atomic E-state index is 0.161. The van der Waals surface area contributed by atoms with Crippen LogP contribution in [0.1, 0.15) is 19.3 Å².